The summed E-state index contributed by atoms with van der Waals surface area (Å²) in [6.45, 7) is 0. The van der Waals surface area contributed by atoms with E-state index >= 15 is 0 Å². The van der Waals surface area contributed by atoms with Crippen LogP contribution in [0.25, 0.3) is 0 Å². The maximum absolute atomic E-state index is 11.2. The van der Waals surface area contributed by atoms with Crippen molar-refractivity contribution in [2.24, 2.45) is 0 Å². The van der Waals surface area contributed by atoms with Gasteiger partial charge >= 0.3 is 5.38 Å². The number of halogens is 4. The van der Waals surface area contributed by atoms with Gasteiger partial charge in [0.15, 0.2) is 0 Å². The molecule has 0 aromatic rings. The van der Waals surface area contributed by atoms with Crippen LogP contribution >= 0.6 is 24.2 Å². The Morgan fingerprint density at radius 1 is 1.57 bits per heavy atom. The van der Waals surface area contributed by atoms with Gasteiger partial charge in [-0.3, -0.25) is 0 Å². The highest BCUT2D eigenvalue weighted by Gasteiger charge is 2.34. The molecule has 0 rings (SSSR count). The number of alkyl halides is 4. The average molecular weight is 151 g/mol. The molecule has 0 nitrogen and oxygen atoms in total. The third kappa shape index (κ3) is 3.05. The lowest BCUT2D eigenvalue weighted by Crippen LogP contribution is -2.16. The minimum absolute atomic E-state index is 2.57. The smallest absolute Gasteiger partial charge is 0.228 e. The van der Waals surface area contributed by atoms with Crippen molar-refractivity contribution >= 4 is 24.2 Å². The van der Waals surface area contributed by atoms with Gasteiger partial charge in [0.2, 0.25) is 5.50 Å². The zero-order valence-electron chi connectivity index (χ0n) is 3.04. The average Bonchev–Trinajstić information content (AvgIpc) is 1.31. The van der Waals surface area contributed by atoms with E-state index < -0.39 is 10.9 Å². The fourth-order valence-corrected chi connectivity index (χ4v) is 0. The standard InChI is InChI=1S/C2H2ClF3S/c3-2(5,6)1(4)7/h1,7H. The number of hydrogen-bond acceptors (Lipinski definition) is 1. The SMILES string of the molecule is FC(S)C(F)(F)Cl. The Kier molecular flexibility index (Phi) is 2.26. The second-order valence-electron chi connectivity index (χ2n) is 0.877. The van der Waals surface area contributed by atoms with Crippen molar-refractivity contribution in [2.75, 3.05) is 0 Å². The minimum atomic E-state index is -3.83. The second kappa shape index (κ2) is 2.13. The van der Waals surface area contributed by atoms with Crippen LogP contribution in [-0.2, 0) is 0 Å². The van der Waals surface area contributed by atoms with E-state index in [0.29, 0.717) is 0 Å². The first kappa shape index (κ1) is 7.43. The van der Waals surface area contributed by atoms with Crippen molar-refractivity contribution in [3.05, 3.63) is 0 Å². The van der Waals surface area contributed by atoms with Crippen LogP contribution < -0.4 is 0 Å². The van der Waals surface area contributed by atoms with Crippen LogP contribution in [0.1, 0.15) is 0 Å². The monoisotopic (exact) mass is 150 g/mol. The molecule has 0 amide bonds. The van der Waals surface area contributed by atoms with E-state index in [1.54, 1.807) is 0 Å². The second-order valence-corrected chi connectivity index (χ2v) is 1.83. The zero-order chi connectivity index (χ0) is 6.08. The maximum Gasteiger partial charge on any atom is 0.361 e. The predicted octanol–water partition coefficient (Wildman–Crippen LogP) is 2.04. The highest BCUT2D eigenvalue weighted by Crippen LogP contribution is 2.27. The largest absolute Gasteiger partial charge is 0.361 e. The Morgan fingerprint density at radius 2 is 1.71 bits per heavy atom. The molecular weight excluding hydrogens is 149 g/mol. The maximum atomic E-state index is 11.2. The van der Waals surface area contributed by atoms with Crippen LogP contribution in [0.5, 0.6) is 0 Å². The Labute approximate surface area is 49.1 Å². The topological polar surface area (TPSA) is 0 Å². The van der Waals surface area contributed by atoms with Crippen molar-refractivity contribution < 1.29 is 13.2 Å². The van der Waals surface area contributed by atoms with Crippen molar-refractivity contribution in [3.8, 4) is 0 Å². The van der Waals surface area contributed by atoms with Crippen molar-refractivity contribution in [1.29, 1.82) is 0 Å². The summed E-state index contributed by atoms with van der Waals surface area (Å²) >= 11 is 6.81. The van der Waals surface area contributed by atoms with Gasteiger partial charge in [0.25, 0.3) is 0 Å². The fraction of sp³-hybridized carbons (Fsp3) is 1.00. The van der Waals surface area contributed by atoms with Gasteiger partial charge in [-0.05, 0) is 11.6 Å². The quantitative estimate of drug-likeness (QED) is 0.429. The highest BCUT2D eigenvalue weighted by atomic mass is 35.5. The summed E-state index contributed by atoms with van der Waals surface area (Å²) in [5, 5.41) is -3.83. The molecule has 1 atom stereocenters. The number of thiol groups is 1. The lowest BCUT2D eigenvalue weighted by atomic mass is 10.8. The van der Waals surface area contributed by atoms with Gasteiger partial charge in [-0.1, -0.05) is 0 Å². The van der Waals surface area contributed by atoms with E-state index in [2.05, 4.69) is 24.2 Å². The van der Waals surface area contributed by atoms with Crippen molar-refractivity contribution in [2.45, 2.75) is 10.9 Å². The molecule has 0 saturated carbocycles. The highest BCUT2D eigenvalue weighted by molar-refractivity contribution is 7.80. The molecule has 0 radical (unpaired) electrons. The summed E-state index contributed by atoms with van der Waals surface area (Å²) in [4.78, 5) is 0. The third-order valence-corrected chi connectivity index (χ3v) is 0.938. The molecule has 0 spiro atoms. The third-order valence-electron chi connectivity index (χ3n) is 0.270. The molecule has 44 valence electrons. The Balaban J connectivity index is 3.54. The summed E-state index contributed by atoms with van der Waals surface area (Å²) in [6.07, 6.45) is 0. The molecule has 0 aromatic heterocycles. The molecule has 0 saturated heterocycles. The van der Waals surface area contributed by atoms with Gasteiger partial charge in [-0.25, -0.2) is 4.39 Å². The van der Waals surface area contributed by atoms with E-state index in [9.17, 15) is 13.2 Å². The molecule has 7 heavy (non-hydrogen) atoms. The van der Waals surface area contributed by atoms with Crippen molar-refractivity contribution in [3.63, 3.8) is 0 Å². The van der Waals surface area contributed by atoms with E-state index in [4.69, 9.17) is 0 Å². The molecular formula is C2H2ClF3S. The lowest BCUT2D eigenvalue weighted by molar-refractivity contribution is 0.0495. The summed E-state index contributed by atoms with van der Waals surface area (Å²) in [5.74, 6) is 0. The van der Waals surface area contributed by atoms with E-state index in [0.717, 1.165) is 0 Å². The van der Waals surface area contributed by atoms with Gasteiger partial charge in [-0.2, -0.15) is 8.78 Å². The van der Waals surface area contributed by atoms with Gasteiger partial charge in [0, 0.05) is 0 Å². The van der Waals surface area contributed by atoms with Crippen LogP contribution in [0.15, 0.2) is 0 Å². The van der Waals surface area contributed by atoms with E-state index in [1.165, 1.54) is 0 Å². The van der Waals surface area contributed by atoms with E-state index in [1.807, 2.05) is 0 Å². The fourth-order valence-electron chi connectivity index (χ4n) is 0. The van der Waals surface area contributed by atoms with Gasteiger partial charge < -0.3 is 0 Å². The summed E-state index contributed by atoms with van der Waals surface area (Å²) in [5.41, 5.74) is -2.57. The van der Waals surface area contributed by atoms with Crippen molar-refractivity contribution in [1.82, 2.24) is 0 Å². The molecule has 0 aromatic carbocycles. The molecule has 0 heterocycles. The molecule has 0 aliphatic carbocycles. The zero-order valence-corrected chi connectivity index (χ0v) is 4.69. The van der Waals surface area contributed by atoms with Crippen LogP contribution in [0.3, 0.4) is 0 Å². The predicted molar refractivity (Wildman–Crippen MR) is 24.7 cm³/mol. The van der Waals surface area contributed by atoms with Gasteiger partial charge in [-0.15, -0.1) is 12.6 Å². The first-order chi connectivity index (χ1) is 2.94. The molecule has 1 unspecified atom stereocenters. The number of rotatable bonds is 1. The Morgan fingerprint density at radius 3 is 1.71 bits per heavy atom. The minimum Gasteiger partial charge on any atom is -0.228 e. The van der Waals surface area contributed by atoms with Gasteiger partial charge in [0.05, 0.1) is 0 Å². The Hall–Kier alpha value is 0.430. The molecule has 0 bridgehead atoms. The first-order valence-corrected chi connectivity index (χ1v) is 2.23. The summed E-state index contributed by atoms with van der Waals surface area (Å²) in [7, 11) is 0. The molecule has 5 heteroatoms. The molecule has 0 fully saturated rings. The lowest BCUT2D eigenvalue weighted by Gasteiger charge is -2.05. The molecule has 0 aliphatic heterocycles. The first-order valence-electron chi connectivity index (χ1n) is 1.33. The number of hydrogen-bond donors (Lipinski definition) is 1. The van der Waals surface area contributed by atoms with Crippen LogP contribution in [0.2, 0.25) is 0 Å². The molecule has 0 aliphatic rings. The Bertz CT molecular complexity index is 58.4. The van der Waals surface area contributed by atoms with Crippen LogP contribution in [-0.4, -0.2) is 10.9 Å². The van der Waals surface area contributed by atoms with Crippen LogP contribution in [0, 0.1) is 0 Å². The summed E-state index contributed by atoms with van der Waals surface area (Å²) < 4.78 is 33.5. The normalized spacial score (nSPS) is 16.7. The van der Waals surface area contributed by atoms with Gasteiger partial charge in [0.1, 0.15) is 0 Å². The summed E-state index contributed by atoms with van der Waals surface area (Å²) in [6, 6.07) is 0. The van der Waals surface area contributed by atoms with E-state index in [-0.39, 0.29) is 0 Å². The molecule has 0 N–H and O–H groups in total. The van der Waals surface area contributed by atoms with Crippen LogP contribution in [0.4, 0.5) is 13.2 Å².